The van der Waals surface area contributed by atoms with Gasteiger partial charge in [0.2, 0.25) is 5.91 Å². The molecular weight excluding hydrogens is 536 g/mol. The Morgan fingerprint density at radius 2 is 1.76 bits per heavy atom. The van der Waals surface area contributed by atoms with Gasteiger partial charge in [0.1, 0.15) is 25.4 Å². The maximum Gasteiger partial charge on any atom is 0.253 e. The molecule has 4 rings (SSSR count). The Balaban J connectivity index is 1.60. The lowest BCUT2D eigenvalue weighted by Crippen LogP contribution is -2.57. The third-order valence-electron chi connectivity index (χ3n) is 7.45. The van der Waals surface area contributed by atoms with Gasteiger partial charge in [0.25, 0.3) is 11.8 Å². The second-order valence-corrected chi connectivity index (χ2v) is 11.8. The zero-order chi connectivity index (χ0) is 30.4. The standard InChI is InChI=1S/C32H42N4O6/c1-21(2)29-31(40)35(25(23-14-10-7-11-15-23)17-36(29)28(39)19-41-5)18-27(38)33-24(22-12-8-6-9-13-22)16-26(37)30-34-32(3,4)20-42-30/h6-15,17,21,24,26,29-30,34,37H,16,18-20H2,1-5H3,(H,33,38). The zero-order valence-electron chi connectivity index (χ0n) is 24.9. The molecule has 226 valence electrons. The molecule has 0 saturated carbocycles. The van der Waals surface area contributed by atoms with Crippen molar-refractivity contribution in [3.05, 3.63) is 78.0 Å². The Kier molecular flexibility index (Phi) is 10.2. The summed E-state index contributed by atoms with van der Waals surface area (Å²) in [6.45, 7) is 7.75. The minimum atomic E-state index is -0.889. The van der Waals surface area contributed by atoms with E-state index in [0.717, 1.165) is 5.56 Å². The van der Waals surface area contributed by atoms with E-state index in [1.54, 1.807) is 6.20 Å². The highest BCUT2D eigenvalue weighted by Gasteiger charge is 2.41. The van der Waals surface area contributed by atoms with Crippen LogP contribution in [0.25, 0.3) is 5.70 Å². The first-order chi connectivity index (χ1) is 20.0. The van der Waals surface area contributed by atoms with Gasteiger partial charge in [-0.1, -0.05) is 74.5 Å². The van der Waals surface area contributed by atoms with Gasteiger partial charge in [-0.3, -0.25) is 24.6 Å². The van der Waals surface area contributed by atoms with Crippen molar-refractivity contribution in [2.75, 3.05) is 26.9 Å². The number of methoxy groups -OCH3 is 1. The Hall–Kier alpha value is -3.57. The number of nitrogens with one attached hydrogen (secondary N) is 2. The maximum atomic E-state index is 14.0. The van der Waals surface area contributed by atoms with Gasteiger partial charge in [-0.25, -0.2) is 0 Å². The average Bonchev–Trinajstić information content (AvgIpc) is 3.34. The fraction of sp³-hybridized carbons (Fsp3) is 0.469. The molecule has 0 radical (unpaired) electrons. The third kappa shape index (κ3) is 7.43. The molecule has 2 aromatic carbocycles. The Morgan fingerprint density at radius 3 is 2.33 bits per heavy atom. The SMILES string of the molecule is COCC(=O)N1C=C(c2ccccc2)N(CC(=O)NC(CC(O)C2NC(C)(C)CO2)c2ccccc2)C(=O)C1C(C)C. The van der Waals surface area contributed by atoms with Crippen LogP contribution in [0, 0.1) is 5.92 Å². The van der Waals surface area contributed by atoms with E-state index in [4.69, 9.17) is 9.47 Å². The number of carbonyl (C=O) groups is 3. The predicted molar refractivity (Wildman–Crippen MR) is 158 cm³/mol. The van der Waals surface area contributed by atoms with E-state index >= 15 is 0 Å². The number of hydrogen-bond donors (Lipinski definition) is 3. The molecule has 10 heteroatoms. The monoisotopic (exact) mass is 578 g/mol. The van der Waals surface area contributed by atoms with Gasteiger partial charge in [0, 0.05) is 25.3 Å². The second kappa shape index (κ2) is 13.6. The first-order valence-electron chi connectivity index (χ1n) is 14.3. The first kappa shape index (κ1) is 31.4. The van der Waals surface area contributed by atoms with E-state index in [0.29, 0.717) is 17.9 Å². The quantitative estimate of drug-likeness (QED) is 0.375. The molecule has 0 spiro atoms. The lowest BCUT2D eigenvalue weighted by molar-refractivity contribution is -0.147. The number of aliphatic hydroxyl groups is 1. The smallest absolute Gasteiger partial charge is 0.253 e. The van der Waals surface area contributed by atoms with Gasteiger partial charge in [-0.05, 0) is 30.9 Å². The van der Waals surface area contributed by atoms with Crippen molar-refractivity contribution in [3.63, 3.8) is 0 Å². The zero-order valence-corrected chi connectivity index (χ0v) is 24.9. The van der Waals surface area contributed by atoms with Crippen LogP contribution in [0.15, 0.2) is 66.9 Å². The van der Waals surface area contributed by atoms with E-state index in [1.165, 1.54) is 16.9 Å². The van der Waals surface area contributed by atoms with Crippen LogP contribution in [0.3, 0.4) is 0 Å². The van der Waals surface area contributed by atoms with Crippen LogP contribution < -0.4 is 10.6 Å². The fourth-order valence-electron chi connectivity index (χ4n) is 5.40. The van der Waals surface area contributed by atoms with Crippen LogP contribution in [0.2, 0.25) is 0 Å². The summed E-state index contributed by atoms with van der Waals surface area (Å²) >= 11 is 0. The number of rotatable bonds is 11. The highest BCUT2D eigenvalue weighted by molar-refractivity contribution is 6.00. The van der Waals surface area contributed by atoms with Crippen LogP contribution >= 0.6 is 0 Å². The van der Waals surface area contributed by atoms with Gasteiger partial charge in [0.05, 0.1) is 24.4 Å². The summed E-state index contributed by atoms with van der Waals surface area (Å²) in [6, 6.07) is 17.3. The predicted octanol–water partition coefficient (Wildman–Crippen LogP) is 2.66. The van der Waals surface area contributed by atoms with Gasteiger partial charge in [-0.2, -0.15) is 0 Å². The van der Waals surface area contributed by atoms with Crippen LogP contribution in [-0.4, -0.2) is 83.4 Å². The number of ether oxygens (including phenoxy) is 2. The van der Waals surface area contributed by atoms with Gasteiger partial charge < -0.3 is 24.8 Å². The summed E-state index contributed by atoms with van der Waals surface area (Å²) in [7, 11) is 1.43. The minimum absolute atomic E-state index is 0.173. The van der Waals surface area contributed by atoms with Crippen LogP contribution in [0.5, 0.6) is 0 Å². The van der Waals surface area contributed by atoms with Crippen LogP contribution in [-0.2, 0) is 23.9 Å². The normalized spacial score (nSPS) is 21.7. The van der Waals surface area contributed by atoms with E-state index in [1.807, 2.05) is 88.4 Å². The maximum absolute atomic E-state index is 14.0. The average molecular weight is 579 g/mol. The van der Waals surface area contributed by atoms with Crippen molar-refractivity contribution >= 4 is 23.4 Å². The Labute approximate surface area is 247 Å². The molecule has 1 fully saturated rings. The van der Waals surface area contributed by atoms with E-state index in [2.05, 4.69) is 10.6 Å². The number of benzene rings is 2. The molecule has 4 atom stereocenters. The summed E-state index contributed by atoms with van der Waals surface area (Å²) in [5, 5.41) is 17.4. The van der Waals surface area contributed by atoms with E-state index in [9.17, 15) is 19.5 Å². The molecule has 3 N–H and O–H groups in total. The molecular formula is C32H42N4O6. The summed E-state index contributed by atoms with van der Waals surface area (Å²) in [4.78, 5) is 43.5. The third-order valence-corrected chi connectivity index (χ3v) is 7.45. The minimum Gasteiger partial charge on any atom is -0.389 e. The first-order valence-corrected chi connectivity index (χ1v) is 14.3. The van der Waals surface area contributed by atoms with Crippen LogP contribution in [0.1, 0.15) is 51.3 Å². The lowest BCUT2D eigenvalue weighted by Gasteiger charge is -2.41. The van der Waals surface area contributed by atoms with Crippen LogP contribution in [0.4, 0.5) is 0 Å². The molecule has 2 aliphatic rings. The topological polar surface area (TPSA) is 120 Å². The van der Waals surface area contributed by atoms with Crippen molar-refractivity contribution in [3.8, 4) is 0 Å². The van der Waals surface area contributed by atoms with Gasteiger partial charge in [-0.15, -0.1) is 0 Å². The molecule has 0 aliphatic carbocycles. The summed E-state index contributed by atoms with van der Waals surface area (Å²) in [5.41, 5.74) is 1.69. The molecule has 2 aliphatic heterocycles. The summed E-state index contributed by atoms with van der Waals surface area (Å²) < 4.78 is 10.9. The number of nitrogens with zero attached hydrogens (tertiary/aromatic N) is 2. The lowest BCUT2D eigenvalue weighted by atomic mass is 9.96. The highest BCUT2D eigenvalue weighted by atomic mass is 16.5. The molecule has 4 unspecified atom stereocenters. The van der Waals surface area contributed by atoms with Crippen molar-refractivity contribution in [1.29, 1.82) is 0 Å². The van der Waals surface area contributed by atoms with E-state index < -0.39 is 30.3 Å². The molecule has 10 nitrogen and oxygen atoms in total. The number of amides is 3. The summed E-state index contributed by atoms with van der Waals surface area (Å²) in [5.74, 6) is -1.31. The Morgan fingerprint density at radius 1 is 1.12 bits per heavy atom. The molecule has 0 aromatic heterocycles. The number of hydrogen-bond acceptors (Lipinski definition) is 7. The van der Waals surface area contributed by atoms with Crippen molar-refractivity contribution in [1.82, 2.24) is 20.4 Å². The van der Waals surface area contributed by atoms with Crippen molar-refractivity contribution in [2.45, 2.75) is 64.1 Å². The molecule has 2 aromatic rings. The fourth-order valence-corrected chi connectivity index (χ4v) is 5.40. The summed E-state index contributed by atoms with van der Waals surface area (Å²) in [6.07, 6.45) is 0.382. The largest absolute Gasteiger partial charge is 0.389 e. The second-order valence-electron chi connectivity index (χ2n) is 11.8. The number of aliphatic hydroxyl groups excluding tert-OH is 1. The molecule has 0 bridgehead atoms. The van der Waals surface area contributed by atoms with Gasteiger partial charge in [0.15, 0.2) is 0 Å². The van der Waals surface area contributed by atoms with Crippen molar-refractivity contribution < 1.29 is 29.0 Å². The Bertz CT molecular complexity index is 1270. The molecule has 42 heavy (non-hydrogen) atoms. The highest BCUT2D eigenvalue weighted by Crippen LogP contribution is 2.30. The van der Waals surface area contributed by atoms with E-state index in [-0.39, 0.29) is 42.8 Å². The molecule has 2 heterocycles. The number of carbonyl (C=O) groups excluding carboxylic acids is 3. The molecule has 1 saturated heterocycles. The van der Waals surface area contributed by atoms with Crippen molar-refractivity contribution in [2.24, 2.45) is 5.92 Å². The molecule has 3 amide bonds. The van der Waals surface area contributed by atoms with Gasteiger partial charge >= 0.3 is 0 Å².